The fourth-order valence-electron chi connectivity index (χ4n) is 0.984. The van der Waals surface area contributed by atoms with Crippen LogP contribution in [0, 0.1) is 0 Å². The van der Waals surface area contributed by atoms with Crippen molar-refractivity contribution < 1.29 is 21.6 Å². The van der Waals surface area contributed by atoms with Crippen molar-refractivity contribution in [3.8, 4) is 0 Å². The van der Waals surface area contributed by atoms with Crippen molar-refractivity contribution in [2.75, 3.05) is 25.4 Å². The van der Waals surface area contributed by atoms with E-state index < -0.39 is 29.2 Å². The first-order valence-electron chi connectivity index (χ1n) is 5.01. The molecule has 0 atom stereocenters. The molecule has 0 saturated heterocycles. The Labute approximate surface area is 93.7 Å². The molecule has 0 saturated carbocycles. The summed E-state index contributed by atoms with van der Waals surface area (Å²) in [5.41, 5.74) is 0. The van der Waals surface area contributed by atoms with E-state index in [1.54, 1.807) is 0 Å². The molecule has 0 fully saturated rings. The Morgan fingerprint density at radius 3 is 2.31 bits per heavy atom. The van der Waals surface area contributed by atoms with Crippen molar-refractivity contribution in [2.45, 2.75) is 25.9 Å². The van der Waals surface area contributed by atoms with E-state index in [4.69, 9.17) is 0 Å². The van der Waals surface area contributed by atoms with E-state index >= 15 is 0 Å². The molecule has 16 heavy (non-hydrogen) atoms. The zero-order chi connectivity index (χ0) is 12.7. The fourth-order valence-corrected chi connectivity index (χ4v) is 2.07. The second-order valence-electron chi connectivity index (χ2n) is 3.29. The minimum Gasteiger partial charge on any atom is -0.317 e. The maximum absolute atomic E-state index is 11.7. The van der Waals surface area contributed by atoms with E-state index in [-0.39, 0.29) is 5.75 Å². The van der Waals surface area contributed by atoms with Crippen LogP contribution >= 0.6 is 0 Å². The Bertz CT molecular complexity index is 277. The lowest BCUT2D eigenvalue weighted by Gasteiger charge is -2.08. The highest BCUT2D eigenvalue weighted by Gasteiger charge is 2.27. The van der Waals surface area contributed by atoms with Crippen LogP contribution in [0.15, 0.2) is 0 Å². The van der Waals surface area contributed by atoms with Crippen LogP contribution in [-0.2, 0) is 10.0 Å². The molecule has 2 N–H and O–H groups in total. The first-order valence-corrected chi connectivity index (χ1v) is 6.67. The number of nitrogens with one attached hydrogen (secondary N) is 2. The van der Waals surface area contributed by atoms with Gasteiger partial charge in [-0.25, -0.2) is 13.1 Å². The summed E-state index contributed by atoms with van der Waals surface area (Å²) >= 11 is 0. The van der Waals surface area contributed by atoms with Gasteiger partial charge in [0.05, 0.1) is 12.2 Å². The SMILES string of the molecule is CCNCCCS(=O)(=O)NCCC(F)(F)F. The highest BCUT2D eigenvalue weighted by Crippen LogP contribution is 2.18. The second kappa shape index (κ2) is 7.08. The van der Waals surface area contributed by atoms with Gasteiger partial charge in [-0.3, -0.25) is 0 Å². The number of hydrogen-bond acceptors (Lipinski definition) is 3. The standard InChI is InChI=1S/C8H17F3N2O2S/c1-2-12-5-3-7-16(14,15)13-6-4-8(9,10)11/h12-13H,2-7H2,1H3. The molecule has 4 nitrogen and oxygen atoms in total. The highest BCUT2D eigenvalue weighted by molar-refractivity contribution is 7.89. The van der Waals surface area contributed by atoms with E-state index in [0.717, 1.165) is 6.54 Å². The Kier molecular flexibility index (Phi) is 6.93. The molecule has 0 radical (unpaired) electrons. The van der Waals surface area contributed by atoms with Gasteiger partial charge in [0.25, 0.3) is 0 Å². The molecule has 0 amide bonds. The second-order valence-corrected chi connectivity index (χ2v) is 5.21. The molecule has 98 valence electrons. The minimum absolute atomic E-state index is 0.155. The van der Waals surface area contributed by atoms with Gasteiger partial charge in [-0.15, -0.1) is 0 Å². The molecule has 8 heteroatoms. The van der Waals surface area contributed by atoms with Gasteiger partial charge >= 0.3 is 6.18 Å². The van der Waals surface area contributed by atoms with Crippen molar-refractivity contribution in [1.29, 1.82) is 0 Å². The minimum atomic E-state index is -4.33. The van der Waals surface area contributed by atoms with Crippen LogP contribution in [0.3, 0.4) is 0 Å². The van der Waals surface area contributed by atoms with Gasteiger partial charge in [0.15, 0.2) is 0 Å². The first-order chi connectivity index (χ1) is 7.27. The molecule has 0 rings (SSSR count). The smallest absolute Gasteiger partial charge is 0.317 e. The molecule has 0 aliphatic rings. The molecule has 0 aromatic rings. The maximum atomic E-state index is 11.7. The third-order valence-electron chi connectivity index (χ3n) is 1.75. The third kappa shape index (κ3) is 10.2. The average molecular weight is 262 g/mol. The zero-order valence-corrected chi connectivity index (χ0v) is 9.92. The van der Waals surface area contributed by atoms with Crippen molar-refractivity contribution in [1.82, 2.24) is 10.0 Å². The summed E-state index contributed by atoms with van der Waals surface area (Å²) < 4.78 is 59.5. The summed E-state index contributed by atoms with van der Waals surface area (Å²) in [6, 6.07) is 0. The molecule has 0 aromatic heterocycles. The van der Waals surface area contributed by atoms with Crippen LogP contribution in [0.5, 0.6) is 0 Å². The van der Waals surface area contributed by atoms with Gasteiger partial charge in [0.1, 0.15) is 0 Å². The van der Waals surface area contributed by atoms with E-state index in [1.807, 2.05) is 11.6 Å². The Balaban J connectivity index is 3.71. The van der Waals surface area contributed by atoms with Crippen LogP contribution in [0.25, 0.3) is 0 Å². The molecular formula is C8H17F3N2O2S. The van der Waals surface area contributed by atoms with Crippen LogP contribution in [-0.4, -0.2) is 40.0 Å². The number of alkyl halides is 3. The average Bonchev–Trinajstić information content (AvgIpc) is 2.10. The Morgan fingerprint density at radius 2 is 1.81 bits per heavy atom. The lowest BCUT2D eigenvalue weighted by Crippen LogP contribution is -2.31. The zero-order valence-electron chi connectivity index (χ0n) is 9.10. The van der Waals surface area contributed by atoms with E-state index in [0.29, 0.717) is 13.0 Å². The summed E-state index contributed by atoms with van der Waals surface area (Å²) in [7, 11) is -3.57. The number of hydrogen-bond donors (Lipinski definition) is 2. The van der Waals surface area contributed by atoms with Gasteiger partial charge in [-0.1, -0.05) is 6.92 Å². The molecule has 0 aliphatic carbocycles. The molecule has 0 bridgehead atoms. The van der Waals surface area contributed by atoms with E-state index in [2.05, 4.69) is 5.32 Å². The van der Waals surface area contributed by atoms with Crippen LogP contribution in [0.4, 0.5) is 13.2 Å². The molecule has 0 aliphatic heterocycles. The molecular weight excluding hydrogens is 245 g/mol. The van der Waals surface area contributed by atoms with Gasteiger partial charge < -0.3 is 5.32 Å². The monoisotopic (exact) mass is 262 g/mol. The lowest BCUT2D eigenvalue weighted by molar-refractivity contribution is -0.132. The molecule has 0 unspecified atom stereocenters. The summed E-state index contributed by atoms with van der Waals surface area (Å²) in [5.74, 6) is -0.155. The highest BCUT2D eigenvalue weighted by atomic mass is 32.2. The Hall–Kier alpha value is -0.340. The fraction of sp³-hybridized carbons (Fsp3) is 1.00. The van der Waals surface area contributed by atoms with Crippen LogP contribution in [0.1, 0.15) is 19.8 Å². The topological polar surface area (TPSA) is 58.2 Å². The van der Waals surface area contributed by atoms with Gasteiger partial charge in [0.2, 0.25) is 10.0 Å². The lowest BCUT2D eigenvalue weighted by atomic mass is 10.4. The molecule has 0 heterocycles. The van der Waals surface area contributed by atoms with Crippen LogP contribution < -0.4 is 10.0 Å². The number of sulfonamides is 1. The van der Waals surface area contributed by atoms with Crippen LogP contribution in [0.2, 0.25) is 0 Å². The maximum Gasteiger partial charge on any atom is 0.390 e. The first kappa shape index (κ1) is 15.7. The quantitative estimate of drug-likeness (QED) is 0.638. The van der Waals surface area contributed by atoms with Crippen molar-refractivity contribution in [3.63, 3.8) is 0 Å². The molecule has 0 spiro atoms. The predicted molar refractivity (Wildman–Crippen MR) is 55.6 cm³/mol. The number of halogens is 3. The summed E-state index contributed by atoms with van der Waals surface area (Å²) in [6.07, 6.45) is -5.08. The predicted octanol–water partition coefficient (Wildman–Crippen LogP) is 0.858. The third-order valence-corrected chi connectivity index (χ3v) is 3.22. The van der Waals surface area contributed by atoms with Gasteiger partial charge in [0, 0.05) is 6.54 Å². The summed E-state index contributed by atoms with van der Waals surface area (Å²) in [4.78, 5) is 0. The summed E-state index contributed by atoms with van der Waals surface area (Å²) in [5, 5.41) is 2.93. The molecule has 0 aromatic carbocycles. The summed E-state index contributed by atoms with van der Waals surface area (Å²) in [6.45, 7) is 2.57. The normalized spacial score (nSPS) is 13.0. The van der Waals surface area contributed by atoms with Crippen molar-refractivity contribution >= 4 is 10.0 Å². The van der Waals surface area contributed by atoms with E-state index in [9.17, 15) is 21.6 Å². The van der Waals surface area contributed by atoms with Crippen molar-refractivity contribution in [3.05, 3.63) is 0 Å². The Morgan fingerprint density at radius 1 is 1.19 bits per heavy atom. The largest absolute Gasteiger partial charge is 0.390 e. The van der Waals surface area contributed by atoms with Gasteiger partial charge in [-0.2, -0.15) is 13.2 Å². The van der Waals surface area contributed by atoms with Gasteiger partial charge in [-0.05, 0) is 19.5 Å². The van der Waals surface area contributed by atoms with E-state index in [1.165, 1.54) is 0 Å². The number of rotatable bonds is 8. The van der Waals surface area contributed by atoms with Crippen molar-refractivity contribution in [2.24, 2.45) is 0 Å².